The largest absolute Gasteiger partial charge is 0.497 e. The number of carbonyl (C=O) groups excluding carboxylic acids is 1. The van der Waals surface area contributed by atoms with Crippen LogP contribution in [0.1, 0.15) is 0 Å². The maximum absolute atomic E-state index is 12.2. The zero-order valence-corrected chi connectivity index (χ0v) is 14.2. The highest BCUT2D eigenvalue weighted by molar-refractivity contribution is 5.93. The summed E-state index contributed by atoms with van der Waals surface area (Å²) in [6.07, 6.45) is 1.47. The second-order valence-corrected chi connectivity index (χ2v) is 5.15. The second kappa shape index (κ2) is 7.97. The number of amides is 1. The van der Waals surface area contributed by atoms with E-state index in [1.165, 1.54) is 18.1 Å². The highest BCUT2D eigenvalue weighted by Crippen LogP contribution is 2.28. The lowest BCUT2D eigenvalue weighted by molar-refractivity contribution is -0.118. The average molecular weight is 355 g/mol. The first-order valence-electron chi connectivity index (χ1n) is 7.67. The molecule has 1 N–H and O–H groups in total. The van der Waals surface area contributed by atoms with Gasteiger partial charge in [-0.15, -0.1) is 5.10 Å². The molecule has 0 aliphatic carbocycles. The smallest absolute Gasteiger partial charge is 0.262 e. The fraction of sp³-hybridized carbons (Fsp3) is 0.176. The zero-order chi connectivity index (χ0) is 18.4. The number of hydrogen-bond donors (Lipinski definition) is 1. The van der Waals surface area contributed by atoms with Gasteiger partial charge in [-0.25, -0.2) is 4.68 Å². The Hall–Kier alpha value is -3.62. The quantitative estimate of drug-likeness (QED) is 0.688. The number of hydrogen-bond acceptors (Lipinski definition) is 7. The molecule has 0 atom stereocenters. The van der Waals surface area contributed by atoms with Crippen LogP contribution >= 0.6 is 0 Å². The lowest BCUT2D eigenvalue weighted by Gasteiger charge is -2.12. The number of nitrogens with zero attached hydrogens (tertiary/aromatic N) is 4. The minimum Gasteiger partial charge on any atom is -0.497 e. The van der Waals surface area contributed by atoms with Gasteiger partial charge < -0.3 is 19.5 Å². The van der Waals surface area contributed by atoms with Crippen LogP contribution < -0.4 is 19.5 Å². The summed E-state index contributed by atoms with van der Waals surface area (Å²) in [5, 5.41) is 13.7. The van der Waals surface area contributed by atoms with Crippen LogP contribution in [0.3, 0.4) is 0 Å². The van der Waals surface area contributed by atoms with Crippen LogP contribution in [0.5, 0.6) is 17.2 Å². The van der Waals surface area contributed by atoms with E-state index in [2.05, 4.69) is 20.8 Å². The van der Waals surface area contributed by atoms with Gasteiger partial charge in [-0.1, -0.05) is 6.07 Å². The number of rotatable bonds is 7. The molecule has 0 saturated heterocycles. The number of anilines is 1. The van der Waals surface area contributed by atoms with Gasteiger partial charge in [0.05, 0.1) is 25.6 Å². The van der Waals surface area contributed by atoms with Crippen LogP contribution in [0.2, 0.25) is 0 Å². The predicted octanol–water partition coefficient (Wildman–Crippen LogP) is 1.70. The predicted molar refractivity (Wildman–Crippen MR) is 92.8 cm³/mol. The topological polar surface area (TPSA) is 100 Å². The minimum absolute atomic E-state index is 0.167. The molecule has 3 rings (SSSR count). The molecule has 0 bridgehead atoms. The molecule has 0 fully saturated rings. The van der Waals surface area contributed by atoms with Crippen LogP contribution in [0.4, 0.5) is 5.69 Å². The molecule has 1 heterocycles. The molecule has 0 saturated carbocycles. The third kappa shape index (κ3) is 4.07. The van der Waals surface area contributed by atoms with Crippen molar-refractivity contribution in [2.75, 3.05) is 26.1 Å². The van der Waals surface area contributed by atoms with Crippen molar-refractivity contribution < 1.29 is 19.0 Å². The molecule has 26 heavy (non-hydrogen) atoms. The molecule has 0 radical (unpaired) electrons. The van der Waals surface area contributed by atoms with Gasteiger partial charge in [0, 0.05) is 12.1 Å². The van der Waals surface area contributed by atoms with Crippen LogP contribution in [-0.4, -0.2) is 46.9 Å². The fourth-order valence-corrected chi connectivity index (χ4v) is 2.24. The molecule has 3 aromatic rings. The van der Waals surface area contributed by atoms with Crippen LogP contribution in [-0.2, 0) is 4.79 Å². The van der Waals surface area contributed by atoms with Crippen molar-refractivity contribution in [3.63, 3.8) is 0 Å². The van der Waals surface area contributed by atoms with Crippen molar-refractivity contribution in [1.82, 2.24) is 20.2 Å². The molecule has 2 aromatic carbocycles. The van der Waals surface area contributed by atoms with E-state index in [9.17, 15) is 4.79 Å². The number of benzene rings is 2. The van der Waals surface area contributed by atoms with E-state index in [-0.39, 0.29) is 12.5 Å². The highest BCUT2D eigenvalue weighted by Gasteiger charge is 2.10. The number of nitrogens with one attached hydrogen (secondary N) is 1. The van der Waals surface area contributed by atoms with Crippen molar-refractivity contribution in [1.29, 1.82) is 0 Å². The van der Waals surface area contributed by atoms with Crippen molar-refractivity contribution in [3.05, 3.63) is 48.8 Å². The number of tetrazole rings is 1. The van der Waals surface area contributed by atoms with Gasteiger partial charge in [0.1, 0.15) is 23.6 Å². The van der Waals surface area contributed by atoms with Crippen molar-refractivity contribution in [3.8, 4) is 22.9 Å². The normalized spacial score (nSPS) is 10.2. The molecule has 1 aromatic heterocycles. The Kier molecular flexibility index (Phi) is 5.28. The molecule has 9 heteroatoms. The number of ether oxygens (including phenoxy) is 3. The molecule has 0 aliphatic rings. The summed E-state index contributed by atoms with van der Waals surface area (Å²) in [5.41, 5.74) is 1.23. The Balaban J connectivity index is 1.64. The Bertz CT molecular complexity index is 883. The third-order valence-corrected chi connectivity index (χ3v) is 3.48. The number of aromatic nitrogens is 4. The van der Waals surface area contributed by atoms with Crippen LogP contribution in [0.15, 0.2) is 48.8 Å². The monoisotopic (exact) mass is 355 g/mol. The summed E-state index contributed by atoms with van der Waals surface area (Å²) >= 11 is 0. The molecular weight excluding hydrogens is 338 g/mol. The maximum atomic E-state index is 12.2. The van der Waals surface area contributed by atoms with E-state index >= 15 is 0 Å². The van der Waals surface area contributed by atoms with Crippen molar-refractivity contribution >= 4 is 11.6 Å². The summed E-state index contributed by atoms with van der Waals surface area (Å²) in [7, 11) is 3.08. The van der Waals surface area contributed by atoms with Gasteiger partial charge in [-0.3, -0.25) is 4.79 Å². The number of methoxy groups -OCH3 is 2. The average Bonchev–Trinajstić information content (AvgIpc) is 3.21. The minimum atomic E-state index is -0.329. The van der Waals surface area contributed by atoms with Crippen LogP contribution in [0, 0.1) is 0 Å². The first kappa shape index (κ1) is 17.2. The zero-order valence-electron chi connectivity index (χ0n) is 14.2. The van der Waals surface area contributed by atoms with E-state index in [4.69, 9.17) is 14.2 Å². The van der Waals surface area contributed by atoms with Gasteiger partial charge in [-0.05, 0) is 34.7 Å². The van der Waals surface area contributed by atoms with Gasteiger partial charge in [0.25, 0.3) is 5.91 Å². The SMILES string of the molecule is COc1ccc(OC)c(NC(=O)COc2cccc(-n3cnnn3)c2)c1. The van der Waals surface area contributed by atoms with Crippen LogP contribution in [0.25, 0.3) is 5.69 Å². The third-order valence-electron chi connectivity index (χ3n) is 3.48. The van der Waals surface area contributed by atoms with Crippen molar-refractivity contribution in [2.24, 2.45) is 0 Å². The Morgan fingerprint density at radius 1 is 1.12 bits per heavy atom. The summed E-state index contributed by atoms with van der Waals surface area (Å²) in [4.78, 5) is 12.2. The first-order chi connectivity index (χ1) is 12.7. The van der Waals surface area contributed by atoms with Gasteiger partial charge in [-0.2, -0.15) is 0 Å². The first-order valence-corrected chi connectivity index (χ1v) is 7.67. The highest BCUT2D eigenvalue weighted by atomic mass is 16.5. The van der Waals surface area contributed by atoms with E-state index in [0.717, 1.165) is 5.69 Å². The van der Waals surface area contributed by atoms with E-state index < -0.39 is 0 Å². The van der Waals surface area contributed by atoms with E-state index in [1.54, 1.807) is 43.5 Å². The molecule has 134 valence electrons. The Morgan fingerprint density at radius 2 is 2.00 bits per heavy atom. The molecule has 0 aliphatic heterocycles. The van der Waals surface area contributed by atoms with Gasteiger partial charge >= 0.3 is 0 Å². The lowest BCUT2D eigenvalue weighted by Crippen LogP contribution is -2.20. The standard InChI is InChI=1S/C17H17N5O4/c1-24-13-6-7-16(25-2)15(9-13)19-17(23)10-26-14-5-3-4-12(8-14)22-11-18-20-21-22/h3-9,11H,10H2,1-2H3,(H,19,23). The summed E-state index contributed by atoms with van der Waals surface area (Å²) in [5.74, 6) is 1.33. The summed E-state index contributed by atoms with van der Waals surface area (Å²) in [6, 6.07) is 12.2. The maximum Gasteiger partial charge on any atom is 0.262 e. The number of carbonyl (C=O) groups is 1. The van der Waals surface area contributed by atoms with E-state index in [1.807, 2.05) is 6.07 Å². The van der Waals surface area contributed by atoms with E-state index in [0.29, 0.717) is 22.9 Å². The molecular formula is C17H17N5O4. The summed E-state index contributed by atoms with van der Waals surface area (Å²) < 4.78 is 17.4. The second-order valence-electron chi connectivity index (χ2n) is 5.15. The molecule has 0 unspecified atom stereocenters. The lowest BCUT2D eigenvalue weighted by atomic mass is 10.2. The molecule has 9 nitrogen and oxygen atoms in total. The Labute approximate surface area is 149 Å². The Morgan fingerprint density at radius 3 is 2.73 bits per heavy atom. The molecule has 1 amide bonds. The fourth-order valence-electron chi connectivity index (χ4n) is 2.24. The molecule has 0 spiro atoms. The van der Waals surface area contributed by atoms with Gasteiger partial charge in [0.15, 0.2) is 6.61 Å². The van der Waals surface area contributed by atoms with Crippen molar-refractivity contribution in [2.45, 2.75) is 0 Å². The summed E-state index contributed by atoms with van der Waals surface area (Å²) in [6.45, 7) is -0.167. The van der Waals surface area contributed by atoms with Gasteiger partial charge in [0.2, 0.25) is 0 Å².